The lowest BCUT2D eigenvalue weighted by molar-refractivity contribution is 0.0695. The molecule has 0 unspecified atom stereocenters. The Morgan fingerprint density at radius 1 is 0.742 bits per heavy atom. The van der Waals surface area contributed by atoms with Gasteiger partial charge in [0.25, 0.3) is 11.8 Å². The predicted octanol–water partition coefficient (Wildman–Crippen LogP) is 7.38. The van der Waals surface area contributed by atoms with Gasteiger partial charge in [0.15, 0.2) is 5.43 Å². The first-order valence-electron chi connectivity index (χ1n) is 21.1. The van der Waals surface area contributed by atoms with E-state index in [1.807, 2.05) is 13.8 Å². The monoisotopic (exact) mass is 838 g/mol. The first kappa shape index (κ1) is 42.0. The second-order valence-electron chi connectivity index (χ2n) is 16.7. The van der Waals surface area contributed by atoms with Crippen molar-refractivity contribution in [3.63, 3.8) is 0 Å². The van der Waals surface area contributed by atoms with E-state index in [1.165, 1.54) is 48.0 Å². The van der Waals surface area contributed by atoms with Crippen molar-refractivity contribution in [2.24, 2.45) is 0 Å². The van der Waals surface area contributed by atoms with Crippen LogP contribution in [0, 0.1) is 0 Å². The van der Waals surface area contributed by atoms with E-state index in [1.54, 1.807) is 29.2 Å². The van der Waals surface area contributed by atoms with E-state index in [4.69, 9.17) is 4.42 Å². The number of nitrogens with zero attached hydrogens (tertiary/aromatic N) is 3. The molecule has 0 spiro atoms. The molecule has 0 bridgehead atoms. The van der Waals surface area contributed by atoms with Gasteiger partial charge in [0.1, 0.15) is 28.6 Å². The maximum absolute atomic E-state index is 13.4. The fourth-order valence-electron chi connectivity index (χ4n) is 8.69. The maximum Gasteiger partial charge on any atom is 0.336 e. The van der Waals surface area contributed by atoms with Crippen LogP contribution in [0.3, 0.4) is 0 Å². The van der Waals surface area contributed by atoms with Gasteiger partial charge in [-0.1, -0.05) is 38.5 Å². The highest BCUT2D eigenvalue weighted by atomic mass is 16.4. The van der Waals surface area contributed by atoms with Crippen LogP contribution in [-0.2, 0) is 19.6 Å². The number of benzene rings is 5. The molecule has 1 aliphatic carbocycles. The summed E-state index contributed by atoms with van der Waals surface area (Å²) < 4.78 is 5.93. The zero-order valence-corrected chi connectivity index (χ0v) is 34.8. The summed E-state index contributed by atoms with van der Waals surface area (Å²) in [6, 6.07) is 22.5. The Bertz CT molecular complexity index is 2720. The van der Waals surface area contributed by atoms with Crippen molar-refractivity contribution in [3.8, 4) is 39.7 Å². The van der Waals surface area contributed by atoms with Crippen LogP contribution in [-0.4, -0.2) is 92.2 Å². The Hall–Kier alpha value is -6.70. The quantitative estimate of drug-likeness (QED) is 0.0578. The van der Waals surface area contributed by atoms with Crippen LogP contribution in [0.15, 0.2) is 94.1 Å². The summed E-state index contributed by atoms with van der Waals surface area (Å²) in [5, 5.41) is 44.5. The van der Waals surface area contributed by atoms with E-state index in [-0.39, 0.29) is 62.9 Å². The van der Waals surface area contributed by atoms with E-state index < -0.39 is 5.97 Å². The Labute approximate surface area is 358 Å². The van der Waals surface area contributed by atoms with Gasteiger partial charge in [-0.25, -0.2) is 4.79 Å². The molecule has 13 heteroatoms. The van der Waals surface area contributed by atoms with E-state index in [0.29, 0.717) is 52.8 Å². The molecule has 13 nitrogen and oxygen atoms in total. The molecule has 4 aromatic rings. The smallest absolute Gasteiger partial charge is 0.336 e. The molecule has 0 aromatic heterocycles. The lowest BCUT2D eigenvalue weighted by atomic mass is 9.89. The van der Waals surface area contributed by atoms with Crippen molar-refractivity contribution < 1.29 is 39.2 Å². The van der Waals surface area contributed by atoms with Crippen molar-refractivity contribution in [1.29, 1.82) is 0 Å². The number of fused-ring (bicyclic) bond motifs is 3. The van der Waals surface area contributed by atoms with Crippen LogP contribution in [0.2, 0.25) is 0 Å². The number of hydrogen-bond donors (Lipinski definition) is 5. The summed E-state index contributed by atoms with van der Waals surface area (Å²) in [6.45, 7) is 10.9. The number of phenolic OH excluding ortho intramolecular Hbond substituents is 3. The second-order valence-corrected chi connectivity index (χ2v) is 16.7. The fraction of sp³-hybridized carbons (Fsp3) is 0.306. The Kier molecular flexibility index (Phi) is 12.0. The molecule has 0 saturated carbocycles. The molecule has 1 saturated heterocycles. The molecule has 2 amide bonds. The number of hydrogen-bond acceptors (Lipinski definition) is 10. The zero-order valence-electron chi connectivity index (χ0n) is 34.8. The standard InChI is InChI=1S/C49H50N4O9/c1-29(2)39-24-41(43(57)25-42(39)56)48(59)53-27-32-7-6-30(20-33(32)28-53)26-52-18-16-51(17-19-52)15-5-3-4-14-50-47(58)31-8-11-36(49(60)61)40(21-31)46-37-12-9-34(54)22-44(37)62-45-23-35(55)10-13-38(45)46/h6-13,20-25,29,54,56-57H,3-5,14-19,26-28H2,1-2H3,(H,50,58)(H,60,61). The Morgan fingerprint density at radius 3 is 2.29 bits per heavy atom. The third-order valence-corrected chi connectivity index (χ3v) is 12.0. The van der Waals surface area contributed by atoms with Crippen molar-refractivity contribution in [2.45, 2.75) is 58.7 Å². The Balaban J connectivity index is 0.800. The van der Waals surface area contributed by atoms with E-state index >= 15 is 0 Å². The lowest BCUT2D eigenvalue weighted by Gasteiger charge is -2.34. The number of rotatable bonds is 13. The molecular formula is C49H50N4O9. The van der Waals surface area contributed by atoms with Crippen molar-refractivity contribution in [2.75, 3.05) is 39.3 Å². The number of aromatic hydroxyl groups is 3. The van der Waals surface area contributed by atoms with E-state index in [0.717, 1.165) is 69.7 Å². The number of carbonyl (C=O) groups is 3. The highest BCUT2D eigenvalue weighted by Crippen LogP contribution is 2.42. The summed E-state index contributed by atoms with van der Waals surface area (Å²) in [7, 11) is 0. The van der Waals surface area contributed by atoms with Gasteiger partial charge in [-0.3, -0.25) is 19.3 Å². The molecule has 3 aliphatic heterocycles. The summed E-state index contributed by atoms with van der Waals surface area (Å²) in [5.41, 5.74) is 5.79. The molecule has 62 heavy (non-hydrogen) atoms. The first-order chi connectivity index (χ1) is 29.8. The number of amides is 2. The molecule has 5 N–H and O–H groups in total. The average Bonchev–Trinajstić information content (AvgIpc) is 3.67. The van der Waals surface area contributed by atoms with Crippen molar-refractivity contribution in [3.05, 3.63) is 134 Å². The molecule has 1 fully saturated rings. The molecule has 8 rings (SSSR count). The largest absolute Gasteiger partial charge is 0.508 e. The summed E-state index contributed by atoms with van der Waals surface area (Å²) >= 11 is 0. The van der Waals surface area contributed by atoms with E-state index in [2.05, 4.69) is 33.3 Å². The van der Waals surface area contributed by atoms with Gasteiger partial charge < -0.3 is 40.0 Å². The normalized spacial score (nSPS) is 14.5. The third kappa shape index (κ3) is 8.86. The third-order valence-electron chi connectivity index (χ3n) is 12.0. The number of nitrogens with one attached hydrogen (secondary N) is 1. The molecule has 0 atom stereocenters. The van der Waals surface area contributed by atoms with Crippen LogP contribution in [0.1, 0.15) is 92.4 Å². The van der Waals surface area contributed by atoms with Crippen LogP contribution in [0.4, 0.5) is 0 Å². The molecule has 320 valence electrons. The number of piperazine rings is 1. The van der Waals surface area contributed by atoms with Crippen LogP contribution >= 0.6 is 0 Å². The van der Waals surface area contributed by atoms with Crippen LogP contribution in [0.5, 0.6) is 17.2 Å². The minimum absolute atomic E-state index is 0.00630. The summed E-state index contributed by atoms with van der Waals surface area (Å²) in [5.74, 6) is -1.79. The van der Waals surface area contributed by atoms with Gasteiger partial charge in [-0.2, -0.15) is 0 Å². The fourth-order valence-corrected chi connectivity index (χ4v) is 8.69. The van der Waals surface area contributed by atoms with Gasteiger partial charge in [-0.15, -0.1) is 0 Å². The number of unbranched alkanes of at least 4 members (excludes halogenated alkanes) is 2. The van der Waals surface area contributed by atoms with Gasteiger partial charge in [-0.05, 0) is 102 Å². The maximum atomic E-state index is 13.4. The number of carboxylic acid groups (broad SMARTS) is 1. The molecule has 4 aliphatic rings. The van der Waals surface area contributed by atoms with Gasteiger partial charge >= 0.3 is 5.97 Å². The van der Waals surface area contributed by atoms with Gasteiger partial charge in [0.2, 0.25) is 0 Å². The molecular weight excluding hydrogens is 789 g/mol. The second kappa shape index (κ2) is 17.7. The number of carboxylic acids is 1. The van der Waals surface area contributed by atoms with Crippen LogP contribution < -0.4 is 10.7 Å². The lowest BCUT2D eigenvalue weighted by Crippen LogP contribution is -2.46. The number of carbonyl (C=O) groups excluding carboxylic acids is 2. The van der Waals surface area contributed by atoms with Gasteiger partial charge in [0, 0.05) is 92.6 Å². The molecule has 3 heterocycles. The van der Waals surface area contributed by atoms with Crippen LogP contribution in [0.25, 0.3) is 33.4 Å². The number of aromatic carboxylic acids is 1. The average molecular weight is 839 g/mol. The van der Waals surface area contributed by atoms with E-state index in [9.17, 15) is 39.6 Å². The molecule has 4 aromatic carbocycles. The van der Waals surface area contributed by atoms with Crippen molar-refractivity contribution >= 4 is 28.8 Å². The van der Waals surface area contributed by atoms with Gasteiger partial charge in [0.05, 0.1) is 11.1 Å². The molecule has 0 radical (unpaired) electrons. The minimum Gasteiger partial charge on any atom is -0.508 e. The summed E-state index contributed by atoms with van der Waals surface area (Å²) in [6.07, 6.45) is 2.72. The Morgan fingerprint density at radius 2 is 1.52 bits per heavy atom. The number of phenols is 3. The first-order valence-corrected chi connectivity index (χ1v) is 21.1. The predicted molar refractivity (Wildman–Crippen MR) is 235 cm³/mol. The zero-order chi connectivity index (χ0) is 43.7. The topological polar surface area (TPSA) is 184 Å². The highest BCUT2D eigenvalue weighted by Gasteiger charge is 2.28. The van der Waals surface area contributed by atoms with Crippen molar-refractivity contribution in [1.82, 2.24) is 20.0 Å². The SMILES string of the molecule is CC(C)c1cc(C(=O)N2Cc3ccc(CN4CCN(CCCCCNC(=O)c5ccc(C(=O)O)c(-c6c7ccc(=O)cc-7oc7cc(O)ccc67)c5)CC4)cc3C2)c(O)cc1O. The highest BCUT2D eigenvalue weighted by molar-refractivity contribution is 6.09. The summed E-state index contributed by atoms with van der Waals surface area (Å²) in [4.78, 5) is 58.1. The minimum atomic E-state index is -1.17.